The van der Waals surface area contributed by atoms with Crippen molar-refractivity contribution in [1.82, 2.24) is 15.1 Å². The zero-order chi connectivity index (χ0) is 14.4. The quantitative estimate of drug-likeness (QED) is 0.787. The van der Waals surface area contributed by atoms with Crippen molar-refractivity contribution in [2.45, 2.75) is 24.3 Å². The minimum absolute atomic E-state index is 0.323. The Balaban J connectivity index is 1.98. The number of nitrogens with zero attached hydrogens (tertiary/aromatic N) is 2. The van der Waals surface area contributed by atoms with Crippen LogP contribution in [-0.4, -0.2) is 22.1 Å². The lowest BCUT2D eigenvalue weighted by molar-refractivity contribution is 0.577. The molecule has 0 aliphatic rings. The number of hydrogen-bond acceptors (Lipinski definition) is 3. The van der Waals surface area contributed by atoms with Gasteiger partial charge in [-0.1, -0.05) is 18.5 Å². The first kappa shape index (κ1) is 15.4. The molecule has 20 heavy (non-hydrogen) atoms. The molecule has 1 aromatic heterocycles. The minimum atomic E-state index is 0.323. The van der Waals surface area contributed by atoms with Gasteiger partial charge in [0.1, 0.15) is 0 Å². The van der Waals surface area contributed by atoms with Crippen LogP contribution < -0.4 is 5.32 Å². The van der Waals surface area contributed by atoms with Gasteiger partial charge in [-0.05, 0) is 37.2 Å². The summed E-state index contributed by atoms with van der Waals surface area (Å²) in [6, 6.07) is 8.31. The molecule has 0 bridgehead atoms. The van der Waals surface area contributed by atoms with Gasteiger partial charge in [0, 0.05) is 40.5 Å². The van der Waals surface area contributed by atoms with Crippen LogP contribution in [-0.2, 0) is 7.05 Å². The summed E-state index contributed by atoms with van der Waals surface area (Å²) in [7, 11) is 1.95. The van der Waals surface area contributed by atoms with E-state index in [9.17, 15) is 0 Å². The largest absolute Gasteiger partial charge is 0.309 e. The summed E-state index contributed by atoms with van der Waals surface area (Å²) in [5, 5.41) is 8.62. The normalized spacial score (nSPS) is 12.6. The number of aromatic nitrogens is 2. The predicted octanol–water partition coefficient (Wildman–Crippen LogP) is 3.91. The molecule has 0 aliphatic heterocycles. The topological polar surface area (TPSA) is 29.9 Å². The smallest absolute Gasteiger partial charge is 0.0537 e. The van der Waals surface area contributed by atoms with Gasteiger partial charge in [-0.3, -0.25) is 4.68 Å². The third kappa shape index (κ3) is 4.54. The molecule has 5 heteroatoms. The Morgan fingerprint density at radius 2 is 2.10 bits per heavy atom. The highest BCUT2D eigenvalue weighted by molar-refractivity contribution is 7.99. The van der Waals surface area contributed by atoms with Crippen molar-refractivity contribution in [2.24, 2.45) is 7.05 Å². The van der Waals surface area contributed by atoms with Crippen LogP contribution in [0.1, 0.15) is 24.9 Å². The molecule has 0 saturated carbocycles. The first-order valence-corrected chi connectivity index (χ1v) is 8.15. The van der Waals surface area contributed by atoms with Crippen molar-refractivity contribution in [2.75, 3.05) is 12.3 Å². The fourth-order valence-corrected chi connectivity index (χ4v) is 3.05. The van der Waals surface area contributed by atoms with E-state index in [0.29, 0.717) is 6.04 Å². The predicted molar refractivity (Wildman–Crippen MR) is 86.4 cm³/mol. The Morgan fingerprint density at radius 3 is 2.70 bits per heavy atom. The second kappa shape index (κ2) is 7.72. The number of hydrogen-bond donors (Lipinski definition) is 1. The zero-order valence-electron chi connectivity index (χ0n) is 11.8. The van der Waals surface area contributed by atoms with E-state index in [4.69, 9.17) is 11.6 Å². The van der Waals surface area contributed by atoms with Crippen molar-refractivity contribution in [3.8, 4) is 0 Å². The molecule has 0 spiro atoms. The van der Waals surface area contributed by atoms with Gasteiger partial charge in [-0.15, -0.1) is 11.8 Å². The maximum Gasteiger partial charge on any atom is 0.0537 e. The summed E-state index contributed by atoms with van der Waals surface area (Å²) < 4.78 is 1.85. The van der Waals surface area contributed by atoms with Crippen LogP contribution in [0.15, 0.2) is 41.6 Å². The van der Waals surface area contributed by atoms with Crippen molar-refractivity contribution in [3.05, 3.63) is 47.2 Å². The molecule has 1 atom stereocenters. The van der Waals surface area contributed by atoms with Crippen LogP contribution in [0.5, 0.6) is 0 Å². The molecule has 2 aromatic rings. The highest BCUT2D eigenvalue weighted by Crippen LogP contribution is 2.25. The monoisotopic (exact) mass is 309 g/mol. The lowest BCUT2D eigenvalue weighted by Crippen LogP contribution is -2.23. The van der Waals surface area contributed by atoms with Crippen LogP contribution in [0.4, 0.5) is 0 Å². The Kier molecular flexibility index (Phi) is 5.95. The average molecular weight is 310 g/mol. The number of nitrogens with one attached hydrogen (secondary N) is 1. The van der Waals surface area contributed by atoms with Crippen molar-refractivity contribution < 1.29 is 0 Å². The highest BCUT2D eigenvalue weighted by Gasteiger charge is 2.13. The molecule has 3 nitrogen and oxygen atoms in total. The summed E-state index contributed by atoms with van der Waals surface area (Å²) in [4.78, 5) is 1.24. The fourth-order valence-electron chi connectivity index (χ4n) is 1.92. The molecule has 1 N–H and O–H groups in total. The van der Waals surface area contributed by atoms with Crippen LogP contribution >= 0.6 is 23.4 Å². The van der Waals surface area contributed by atoms with Crippen molar-refractivity contribution in [3.63, 3.8) is 0 Å². The summed E-state index contributed by atoms with van der Waals surface area (Å²) in [6.45, 7) is 3.19. The van der Waals surface area contributed by atoms with Gasteiger partial charge in [0.05, 0.1) is 6.20 Å². The van der Waals surface area contributed by atoms with Crippen LogP contribution in [0.2, 0.25) is 5.02 Å². The van der Waals surface area contributed by atoms with Gasteiger partial charge >= 0.3 is 0 Å². The molecule has 1 heterocycles. The summed E-state index contributed by atoms with van der Waals surface area (Å²) in [5.74, 6) is 0.979. The van der Waals surface area contributed by atoms with Crippen molar-refractivity contribution >= 4 is 23.4 Å². The maximum absolute atomic E-state index is 5.91. The van der Waals surface area contributed by atoms with E-state index >= 15 is 0 Å². The van der Waals surface area contributed by atoms with Crippen LogP contribution in [0, 0.1) is 0 Å². The molecule has 2 rings (SSSR count). The lowest BCUT2D eigenvalue weighted by Gasteiger charge is -2.16. The molecule has 108 valence electrons. The molecule has 0 amide bonds. The van der Waals surface area contributed by atoms with E-state index in [2.05, 4.69) is 35.7 Å². The Morgan fingerprint density at radius 1 is 1.35 bits per heavy atom. The summed E-state index contributed by atoms with van der Waals surface area (Å²) in [6.07, 6.45) is 5.15. The van der Waals surface area contributed by atoms with Gasteiger partial charge in [-0.2, -0.15) is 5.10 Å². The number of halogens is 1. The lowest BCUT2D eigenvalue weighted by atomic mass is 10.2. The van der Waals surface area contributed by atoms with E-state index in [1.807, 2.05) is 41.8 Å². The Labute approximate surface area is 129 Å². The van der Waals surface area contributed by atoms with E-state index in [-0.39, 0.29) is 0 Å². The van der Waals surface area contributed by atoms with E-state index in [0.717, 1.165) is 23.7 Å². The number of thioether (sulfide) groups is 1. The number of benzene rings is 1. The van der Waals surface area contributed by atoms with Gasteiger partial charge in [0.25, 0.3) is 0 Å². The van der Waals surface area contributed by atoms with Gasteiger partial charge < -0.3 is 5.32 Å². The average Bonchev–Trinajstić information content (AvgIpc) is 2.87. The standard InChI is InChI=1S/C15H20ClN3S/c1-3-8-17-15(12-9-18-19(2)10-12)11-20-14-6-4-13(16)5-7-14/h4-7,9-10,15,17H,3,8,11H2,1-2H3. The summed E-state index contributed by atoms with van der Waals surface area (Å²) in [5.41, 5.74) is 1.24. The second-order valence-corrected chi connectivity index (χ2v) is 6.25. The maximum atomic E-state index is 5.91. The Hall–Kier alpha value is -0.970. The fraction of sp³-hybridized carbons (Fsp3) is 0.400. The number of aryl methyl sites for hydroxylation is 1. The SMILES string of the molecule is CCCNC(CSc1ccc(Cl)cc1)c1cnn(C)c1. The molecule has 0 fully saturated rings. The van der Waals surface area contributed by atoms with E-state index < -0.39 is 0 Å². The van der Waals surface area contributed by atoms with Gasteiger partial charge in [0.2, 0.25) is 0 Å². The molecule has 1 aromatic carbocycles. The van der Waals surface area contributed by atoms with Gasteiger partial charge in [-0.25, -0.2) is 0 Å². The Bertz CT molecular complexity index is 524. The first-order valence-electron chi connectivity index (χ1n) is 6.79. The van der Waals surface area contributed by atoms with Crippen LogP contribution in [0.3, 0.4) is 0 Å². The minimum Gasteiger partial charge on any atom is -0.309 e. The molecule has 0 aliphatic carbocycles. The van der Waals surface area contributed by atoms with Crippen LogP contribution in [0.25, 0.3) is 0 Å². The van der Waals surface area contributed by atoms with E-state index in [1.165, 1.54) is 10.5 Å². The highest BCUT2D eigenvalue weighted by atomic mass is 35.5. The summed E-state index contributed by atoms with van der Waals surface area (Å²) >= 11 is 7.74. The molecule has 1 unspecified atom stereocenters. The third-order valence-electron chi connectivity index (χ3n) is 3.00. The van der Waals surface area contributed by atoms with Gasteiger partial charge in [0.15, 0.2) is 0 Å². The van der Waals surface area contributed by atoms with Crippen molar-refractivity contribution in [1.29, 1.82) is 0 Å². The molecular weight excluding hydrogens is 290 g/mol. The first-order chi connectivity index (χ1) is 9.69. The molecule has 0 saturated heterocycles. The molecule has 0 radical (unpaired) electrons. The number of rotatable bonds is 7. The second-order valence-electron chi connectivity index (χ2n) is 4.72. The van der Waals surface area contributed by atoms with E-state index in [1.54, 1.807) is 0 Å². The zero-order valence-corrected chi connectivity index (χ0v) is 13.4. The third-order valence-corrected chi connectivity index (χ3v) is 4.36. The molecular formula is C15H20ClN3S.